The van der Waals surface area contributed by atoms with E-state index >= 15 is 0 Å². The molecular weight excluding hydrogens is 646 g/mol. The van der Waals surface area contributed by atoms with Gasteiger partial charge in [0.1, 0.15) is 36.2 Å². The molecule has 268 valence electrons. The van der Waals surface area contributed by atoms with E-state index in [-0.39, 0.29) is 35.8 Å². The lowest BCUT2D eigenvalue weighted by Crippen LogP contribution is -2.57. The van der Waals surface area contributed by atoms with Crippen molar-refractivity contribution in [2.75, 3.05) is 20.6 Å². The van der Waals surface area contributed by atoms with E-state index in [1.165, 1.54) is 4.90 Å². The average molecular weight is 694 g/mol. The lowest BCUT2D eigenvalue weighted by atomic mass is 10.0. The first kappa shape index (κ1) is 36.8. The molecule has 2 heterocycles. The predicted molar refractivity (Wildman–Crippen MR) is 193 cm³/mol. The predicted octanol–water partition coefficient (Wildman–Crippen LogP) is 3.86. The number of aromatic nitrogens is 3. The molecule has 0 aliphatic carbocycles. The third kappa shape index (κ3) is 9.59. The number of para-hydroxylation sites is 1. The molecule has 0 spiro atoms. The van der Waals surface area contributed by atoms with Crippen LogP contribution >= 0.6 is 0 Å². The third-order valence-corrected chi connectivity index (χ3v) is 9.05. The molecule has 1 aromatic heterocycles. The zero-order chi connectivity index (χ0) is 36.3. The maximum Gasteiger partial charge on any atom is 0.255 e. The van der Waals surface area contributed by atoms with E-state index in [0.717, 1.165) is 11.1 Å². The minimum absolute atomic E-state index is 0.0761. The molecule has 1 fully saturated rings. The average Bonchev–Trinajstić information content (AvgIpc) is 3.82. The number of carbonyl (C=O) groups is 4. The highest BCUT2D eigenvalue weighted by Gasteiger charge is 2.41. The van der Waals surface area contributed by atoms with E-state index in [0.29, 0.717) is 50.2 Å². The lowest BCUT2D eigenvalue weighted by Gasteiger charge is -2.34. The highest BCUT2D eigenvalue weighted by Crippen LogP contribution is 2.25. The number of hydrogen-bond acceptors (Lipinski definition) is 7. The second kappa shape index (κ2) is 17.4. The fraction of sp³-hybridized carbons (Fsp3) is 0.385. The Labute approximate surface area is 299 Å². The van der Waals surface area contributed by atoms with Gasteiger partial charge in [-0.1, -0.05) is 91.9 Å². The monoisotopic (exact) mass is 693 g/mol. The van der Waals surface area contributed by atoms with Gasteiger partial charge in [0.05, 0.1) is 18.3 Å². The molecule has 0 saturated carbocycles. The molecule has 1 aliphatic heterocycles. The smallest absolute Gasteiger partial charge is 0.255 e. The molecule has 0 bridgehead atoms. The largest absolute Gasteiger partial charge is 0.486 e. The first-order valence-electron chi connectivity index (χ1n) is 17.4. The van der Waals surface area contributed by atoms with E-state index < -0.39 is 24.0 Å². The van der Waals surface area contributed by atoms with Gasteiger partial charge >= 0.3 is 0 Å². The Hall–Kier alpha value is -5.52. The van der Waals surface area contributed by atoms with Crippen LogP contribution in [0.25, 0.3) is 0 Å². The van der Waals surface area contributed by atoms with Crippen molar-refractivity contribution in [1.29, 1.82) is 0 Å². The van der Waals surface area contributed by atoms with Crippen LogP contribution in [0.4, 0.5) is 0 Å². The van der Waals surface area contributed by atoms with E-state index in [2.05, 4.69) is 20.9 Å². The van der Waals surface area contributed by atoms with E-state index in [1.54, 1.807) is 54.1 Å². The van der Waals surface area contributed by atoms with Crippen LogP contribution in [0.15, 0.2) is 91.1 Å². The van der Waals surface area contributed by atoms with E-state index in [9.17, 15) is 19.2 Å². The number of benzene rings is 3. The van der Waals surface area contributed by atoms with Crippen LogP contribution in [0, 0.1) is 5.92 Å². The number of rotatable bonds is 15. The maximum absolute atomic E-state index is 14.2. The summed E-state index contributed by atoms with van der Waals surface area (Å²) in [4.78, 5) is 57.9. The Kier molecular flexibility index (Phi) is 12.6. The Balaban J connectivity index is 1.26. The molecule has 2 N–H and O–H groups in total. The molecule has 5 rings (SSSR count). The number of likely N-dealkylation sites (tertiary alicyclic amines) is 1. The van der Waals surface area contributed by atoms with Gasteiger partial charge in [0.2, 0.25) is 17.7 Å². The molecule has 1 aliphatic rings. The van der Waals surface area contributed by atoms with Crippen LogP contribution in [0.5, 0.6) is 5.75 Å². The zero-order valence-corrected chi connectivity index (χ0v) is 29.7. The summed E-state index contributed by atoms with van der Waals surface area (Å²) >= 11 is 0. The normalized spacial score (nSPS) is 15.2. The van der Waals surface area contributed by atoms with Crippen LogP contribution in [0.3, 0.4) is 0 Å². The Morgan fingerprint density at radius 2 is 1.61 bits per heavy atom. The van der Waals surface area contributed by atoms with Crippen molar-refractivity contribution in [3.63, 3.8) is 0 Å². The minimum Gasteiger partial charge on any atom is -0.486 e. The summed E-state index contributed by atoms with van der Waals surface area (Å²) in [6.45, 7) is 5.00. The van der Waals surface area contributed by atoms with Gasteiger partial charge in [-0.3, -0.25) is 19.2 Å². The lowest BCUT2D eigenvalue weighted by molar-refractivity contribution is -0.147. The molecular formula is C39H47N7O5. The molecule has 0 unspecified atom stereocenters. The van der Waals surface area contributed by atoms with Crippen molar-refractivity contribution in [2.24, 2.45) is 5.92 Å². The van der Waals surface area contributed by atoms with E-state index in [1.807, 2.05) is 74.5 Å². The molecule has 4 amide bonds. The number of ether oxygens (including phenoxy) is 1. The third-order valence-electron chi connectivity index (χ3n) is 9.05. The van der Waals surface area contributed by atoms with Crippen molar-refractivity contribution in [3.8, 4) is 5.75 Å². The molecule has 3 atom stereocenters. The summed E-state index contributed by atoms with van der Waals surface area (Å²) in [6, 6.07) is 23.9. The van der Waals surface area contributed by atoms with Crippen LogP contribution in [0.2, 0.25) is 0 Å². The molecule has 51 heavy (non-hydrogen) atoms. The van der Waals surface area contributed by atoms with E-state index in [4.69, 9.17) is 4.74 Å². The summed E-state index contributed by atoms with van der Waals surface area (Å²) in [5.41, 5.74) is 2.89. The zero-order valence-electron chi connectivity index (χ0n) is 29.7. The molecule has 4 aromatic rings. The summed E-state index contributed by atoms with van der Waals surface area (Å²) < 4.78 is 7.77. The van der Waals surface area contributed by atoms with Crippen molar-refractivity contribution in [3.05, 3.63) is 114 Å². The number of nitrogens with zero attached hydrogens (tertiary/aromatic N) is 5. The summed E-state index contributed by atoms with van der Waals surface area (Å²) in [5.74, 6) is -0.953. The quantitative estimate of drug-likeness (QED) is 0.193. The molecule has 12 nitrogen and oxygen atoms in total. The van der Waals surface area contributed by atoms with Crippen LogP contribution in [0.1, 0.15) is 60.3 Å². The van der Waals surface area contributed by atoms with Gasteiger partial charge in [0.25, 0.3) is 5.91 Å². The standard InChI is InChI=1S/C39H47N7O5/c1-27(2)22-32(38(49)46-21-13-19-33(46)39(50)44(4)34(37(48)40-3)23-28-14-7-5-8-15-28)41-36(47)31-18-11-12-20-35(31)51-26-30-25-45(43-42-30)24-29-16-9-6-10-17-29/h5-12,14-18,20,25,27,32-34H,13,19,21-24,26H2,1-4H3,(H,40,48)(H,41,47)/t32-,33-,34+/m1/s1. The Bertz CT molecular complexity index is 1780. The van der Waals surface area contributed by atoms with Crippen LogP contribution in [-0.2, 0) is 34.0 Å². The number of amides is 4. The van der Waals surface area contributed by atoms with Crippen molar-refractivity contribution < 1.29 is 23.9 Å². The second-order valence-corrected chi connectivity index (χ2v) is 13.3. The number of nitrogens with one attached hydrogen (secondary N) is 2. The van der Waals surface area contributed by atoms with Gasteiger partial charge in [0.15, 0.2) is 0 Å². The highest BCUT2D eigenvalue weighted by atomic mass is 16.5. The number of hydrogen-bond donors (Lipinski definition) is 2. The van der Waals surface area contributed by atoms with Gasteiger partial charge in [-0.05, 0) is 48.4 Å². The highest BCUT2D eigenvalue weighted by molar-refractivity contribution is 6.00. The summed E-state index contributed by atoms with van der Waals surface area (Å²) in [5, 5.41) is 14.0. The maximum atomic E-state index is 14.2. The van der Waals surface area contributed by atoms with Crippen molar-refractivity contribution >= 4 is 23.6 Å². The van der Waals surface area contributed by atoms with Crippen LogP contribution in [-0.4, -0.2) is 87.2 Å². The van der Waals surface area contributed by atoms with Gasteiger partial charge in [0, 0.05) is 27.1 Å². The van der Waals surface area contributed by atoms with Gasteiger partial charge < -0.3 is 25.2 Å². The fourth-order valence-corrected chi connectivity index (χ4v) is 6.40. The number of likely N-dealkylation sites (N-methyl/N-ethyl adjacent to an activating group) is 2. The Morgan fingerprint density at radius 1 is 0.941 bits per heavy atom. The molecule has 1 saturated heterocycles. The molecule has 0 radical (unpaired) electrons. The summed E-state index contributed by atoms with van der Waals surface area (Å²) in [7, 11) is 3.16. The minimum atomic E-state index is -0.874. The second-order valence-electron chi connectivity index (χ2n) is 13.3. The number of carbonyl (C=O) groups excluding carboxylic acids is 4. The van der Waals surface area contributed by atoms with Crippen LogP contribution < -0.4 is 15.4 Å². The van der Waals surface area contributed by atoms with Gasteiger partial charge in [-0.25, -0.2) is 4.68 Å². The Morgan fingerprint density at radius 3 is 2.29 bits per heavy atom. The van der Waals surface area contributed by atoms with Gasteiger partial charge in [-0.15, -0.1) is 5.10 Å². The topological polar surface area (TPSA) is 139 Å². The first-order chi connectivity index (χ1) is 24.6. The van der Waals surface area contributed by atoms with Gasteiger partial charge in [-0.2, -0.15) is 0 Å². The SMILES string of the molecule is CNC(=O)[C@H](Cc1ccccc1)N(C)C(=O)[C@H]1CCCN1C(=O)[C@@H](CC(C)C)NC(=O)c1ccccc1OCc1cn(Cc2ccccc2)nn1. The molecule has 12 heteroatoms. The summed E-state index contributed by atoms with van der Waals surface area (Å²) in [6.07, 6.45) is 3.62. The van der Waals surface area contributed by atoms with Crippen molar-refractivity contribution in [1.82, 2.24) is 35.4 Å². The molecule has 3 aromatic carbocycles. The first-order valence-corrected chi connectivity index (χ1v) is 17.4. The van der Waals surface area contributed by atoms with Crippen molar-refractivity contribution in [2.45, 2.75) is 70.8 Å². The fourth-order valence-electron chi connectivity index (χ4n) is 6.40.